The van der Waals surface area contributed by atoms with Crippen molar-refractivity contribution in [3.8, 4) is 0 Å². The highest BCUT2D eigenvalue weighted by Crippen LogP contribution is 2.03. The van der Waals surface area contributed by atoms with Crippen LogP contribution in [0, 0.1) is 0 Å². The predicted octanol–water partition coefficient (Wildman–Crippen LogP) is 1.52. The fraction of sp³-hybridized carbons (Fsp3) is 0.308. The van der Waals surface area contributed by atoms with E-state index in [2.05, 4.69) is 40.0 Å². The van der Waals surface area contributed by atoms with E-state index >= 15 is 0 Å². The van der Waals surface area contributed by atoms with Crippen LogP contribution in [0.25, 0.3) is 0 Å². The number of likely N-dealkylation sites (N-methyl/N-ethyl adjacent to an activating group) is 1. The summed E-state index contributed by atoms with van der Waals surface area (Å²) < 4.78 is 0. The van der Waals surface area contributed by atoms with Crippen molar-refractivity contribution in [2.24, 2.45) is 0 Å². The number of carboxylic acid groups (broad SMARTS) is 1. The molecule has 0 fully saturated rings. The van der Waals surface area contributed by atoms with Crippen molar-refractivity contribution in [3.63, 3.8) is 0 Å². The molecule has 2 aromatic rings. The third-order valence-corrected chi connectivity index (χ3v) is 2.90. The van der Waals surface area contributed by atoms with E-state index < -0.39 is 12.0 Å². The highest BCUT2D eigenvalue weighted by Gasteiger charge is 2.10. The second-order valence-electron chi connectivity index (χ2n) is 3.93. The largest absolute Gasteiger partial charge is 0.480 e. The molecule has 0 spiro atoms. The summed E-state index contributed by atoms with van der Waals surface area (Å²) in [4.78, 5) is 16.4. The van der Waals surface area contributed by atoms with E-state index in [1.165, 1.54) is 11.4 Å². The maximum absolute atomic E-state index is 10.1. The van der Waals surface area contributed by atoms with Crippen molar-refractivity contribution in [3.05, 3.63) is 48.0 Å². The van der Waals surface area contributed by atoms with Gasteiger partial charge < -0.3 is 20.4 Å². The zero-order chi connectivity index (χ0) is 14.1. The fourth-order valence-electron chi connectivity index (χ4n) is 1.45. The zero-order valence-electron chi connectivity index (χ0n) is 10.8. The van der Waals surface area contributed by atoms with Gasteiger partial charge in [-0.15, -0.1) is 0 Å². The van der Waals surface area contributed by atoms with Gasteiger partial charge in [0.1, 0.15) is 6.04 Å². The number of carboxylic acids is 1. The molecule has 0 radical (unpaired) electrons. The molecule has 0 aliphatic rings. The van der Waals surface area contributed by atoms with Crippen molar-refractivity contribution in [2.75, 3.05) is 12.8 Å². The van der Waals surface area contributed by atoms with E-state index in [-0.39, 0.29) is 0 Å². The average Bonchev–Trinajstić information content (AvgIpc) is 3.05. The predicted molar refractivity (Wildman–Crippen MR) is 78.7 cm³/mol. The number of rotatable bonds is 5. The average molecular weight is 281 g/mol. The van der Waals surface area contributed by atoms with Gasteiger partial charge in [-0.3, -0.25) is 4.79 Å². The molecule has 2 aromatic heterocycles. The summed E-state index contributed by atoms with van der Waals surface area (Å²) in [6.45, 7) is 0. The third-order valence-electron chi connectivity index (χ3n) is 2.53. The molecule has 0 bridgehead atoms. The molecule has 2 heterocycles. The Balaban J connectivity index is 0.000000203. The molecule has 0 amide bonds. The molecule has 0 unspecified atom stereocenters. The summed E-state index contributed by atoms with van der Waals surface area (Å²) in [7, 11) is 1.59. The second-order valence-corrected chi connectivity index (χ2v) is 4.29. The van der Waals surface area contributed by atoms with Gasteiger partial charge in [-0.1, -0.05) is 0 Å². The van der Waals surface area contributed by atoms with E-state index in [1.807, 2.05) is 24.5 Å². The first kappa shape index (κ1) is 15.4. The summed E-state index contributed by atoms with van der Waals surface area (Å²) in [5.74, 6) is -0.534. The van der Waals surface area contributed by atoms with E-state index in [9.17, 15) is 4.79 Å². The molecule has 0 aromatic carbocycles. The molecule has 0 saturated heterocycles. The van der Waals surface area contributed by atoms with Crippen LogP contribution in [-0.2, 0) is 11.2 Å². The lowest BCUT2D eigenvalue weighted by Crippen LogP contribution is -2.35. The van der Waals surface area contributed by atoms with Crippen molar-refractivity contribution < 1.29 is 9.90 Å². The molecule has 2 rings (SSSR count). The quantitative estimate of drug-likeness (QED) is 0.539. The number of aliphatic carboxylic acids is 1. The maximum Gasteiger partial charge on any atom is 0.321 e. The summed E-state index contributed by atoms with van der Waals surface area (Å²) in [5, 5.41) is 10.8. The lowest BCUT2D eigenvalue weighted by atomic mass is 10.2. The first-order chi connectivity index (χ1) is 9.17. The molecular weight excluding hydrogens is 262 g/mol. The molecule has 0 saturated carbocycles. The molecule has 4 N–H and O–H groups in total. The van der Waals surface area contributed by atoms with Crippen LogP contribution >= 0.6 is 12.6 Å². The number of hydrogen-bond acceptors (Lipinski definition) is 3. The lowest BCUT2D eigenvalue weighted by Gasteiger charge is -2.04. The standard InChI is InChI=1S/C9H10N2.C4H9NO2S/c1-3-8(10-5-1)7-9-4-2-6-11-9;1-5-3(2-8)4(6)7/h1-6,10-11H,7H2;3,5,8H,2H2,1H3,(H,6,7)/t;3-/m.0/s1. The number of carbonyl (C=O) groups is 1. The summed E-state index contributed by atoms with van der Waals surface area (Å²) in [6.07, 6.45) is 4.84. The lowest BCUT2D eigenvalue weighted by molar-refractivity contribution is -0.138. The molecule has 1 atom stereocenters. The minimum Gasteiger partial charge on any atom is -0.480 e. The van der Waals surface area contributed by atoms with Crippen molar-refractivity contribution in [1.82, 2.24) is 15.3 Å². The van der Waals surface area contributed by atoms with Gasteiger partial charge in [-0.2, -0.15) is 12.6 Å². The topological polar surface area (TPSA) is 80.9 Å². The summed E-state index contributed by atoms with van der Waals surface area (Å²) in [5.41, 5.74) is 2.49. The van der Waals surface area contributed by atoms with E-state index in [0.717, 1.165) is 6.42 Å². The fourth-order valence-corrected chi connectivity index (χ4v) is 1.79. The number of aromatic nitrogens is 2. The number of hydrogen-bond donors (Lipinski definition) is 5. The van der Waals surface area contributed by atoms with Gasteiger partial charge in [0, 0.05) is 36.0 Å². The van der Waals surface area contributed by atoms with Crippen LogP contribution in [0.4, 0.5) is 0 Å². The first-order valence-electron chi connectivity index (χ1n) is 5.92. The Bertz CT molecular complexity index is 418. The number of nitrogens with one attached hydrogen (secondary N) is 3. The minimum atomic E-state index is -0.859. The Morgan fingerprint density at radius 3 is 2.05 bits per heavy atom. The zero-order valence-corrected chi connectivity index (χ0v) is 11.7. The second kappa shape index (κ2) is 8.44. The SMILES string of the molecule is CN[C@@H](CS)C(=O)O.c1c[nH]c(Cc2ccc[nH]2)c1. The summed E-state index contributed by atoms with van der Waals surface area (Å²) >= 11 is 3.79. The van der Waals surface area contributed by atoms with E-state index in [1.54, 1.807) is 7.05 Å². The van der Waals surface area contributed by atoms with Gasteiger partial charge >= 0.3 is 5.97 Å². The molecule has 5 nitrogen and oxygen atoms in total. The van der Waals surface area contributed by atoms with Crippen LogP contribution in [0.1, 0.15) is 11.4 Å². The van der Waals surface area contributed by atoms with Gasteiger partial charge in [0.25, 0.3) is 0 Å². The molecule has 104 valence electrons. The third kappa shape index (κ3) is 5.67. The highest BCUT2D eigenvalue weighted by molar-refractivity contribution is 7.80. The monoisotopic (exact) mass is 281 g/mol. The number of thiol groups is 1. The van der Waals surface area contributed by atoms with Crippen LogP contribution in [0.15, 0.2) is 36.7 Å². The molecule has 6 heteroatoms. The van der Waals surface area contributed by atoms with Crippen LogP contribution < -0.4 is 5.32 Å². The Morgan fingerprint density at radius 2 is 1.84 bits per heavy atom. The van der Waals surface area contributed by atoms with Gasteiger partial charge in [-0.05, 0) is 31.3 Å². The summed E-state index contributed by atoms with van der Waals surface area (Å²) in [6, 6.07) is 7.68. The van der Waals surface area contributed by atoms with Crippen LogP contribution in [0.5, 0.6) is 0 Å². The minimum absolute atomic E-state index is 0.325. The Morgan fingerprint density at radius 1 is 1.32 bits per heavy atom. The number of aromatic amines is 2. The van der Waals surface area contributed by atoms with Gasteiger partial charge in [0.05, 0.1) is 0 Å². The van der Waals surface area contributed by atoms with Gasteiger partial charge in [0.15, 0.2) is 0 Å². The normalized spacial score (nSPS) is 11.5. The van der Waals surface area contributed by atoms with E-state index in [0.29, 0.717) is 5.75 Å². The van der Waals surface area contributed by atoms with Crippen LogP contribution in [-0.4, -0.2) is 39.9 Å². The van der Waals surface area contributed by atoms with E-state index in [4.69, 9.17) is 5.11 Å². The van der Waals surface area contributed by atoms with Gasteiger partial charge in [0.2, 0.25) is 0 Å². The van der Waals surface area contributed by atoms with Crippen molar-refractivity contribution in [2.45, 2.75) is 12.5 Å². The maximum atomic E-state index is 10.1. The van der Waals surface area contributed by atoms with Crippen LogP contribution in [0.2, 0.25) is 0 Å². The van der Waals surface area contributed by atoms with Crippen molar-refractivity contribution >= 4 is 18.6 Å². The molecule has 0 aliphatic carbocycles. The smallest absolute Gasteiger partial charge is 0.321 e. The Labute approximate surface area is 117 Å². The highest BCUT2D eigenvalue weighted by atomic mass is 32.1. The Hall–Kier alpha value is -1.66. The van der Waals surface area contributed by atoms with Crippen LogP contribution in [0.3, 0.4) is 0 Å². The van der Waals surface area contributed by atoms with Gasteiger partial charge in [-0.25, -0.2) is 0 Å². The number of H-pyrrole nitrogens is 2. The Kier molecular flexibility index (Phi) is 6.84. The van der Waals surface area contributed by atoms with Crippen molar-refractivity contribution in [1.29, 1.82) is 0 Å². The molecule has 19 heavy (non-hydrogen) atoms. The molecule has 0 aliphatic heterocycles. The first-order valence-corrected chi connectivity index (χ1v) is 6.56. The molecular formula is C13H19N3O2S.